The minimum atomic E-state index is 1.09. The lowest BCUT2D eigenvalue weighted by molar-refractivity contribution is -0.975. The largest absolute Gasteiger partial charge is 0.328 e. The molecule has 0 aromatic carbocycles. The molecule has 18 heavy (non-hydrogen) atoms. The van der Waals surface area contributed by atoms with Gasteiger partial charge in [-0.05, 0) is 12.5 Å². The Morgan fingerprint density at radius 1 is 1.22 bits per heavy atom. The molecule has 5 heteroatoms. The van der Waals surface area contributed by atoms with Gasteiger partial charge in [0.25, 0.3) is 0 Å². The molecule has 0 radical (unpaired) electrons. The van der Waals surface area contributed by atoms with E-state index in [1.54, 1.807) is 22.6 Å². The van der Waals surface area contributed by atoms with Crippen LogP contribution in [0.5, 0.6) is 0 Å². The van der Waals surface area contributed by atoms with Crippen molar-refractivity contribution in [3.05, 3.63) is 17.3 Å². The summed E-state index contributed by atoms with van der Waals surface area (Å²) in [5, 5.41) is 1.27. The second kappa shape index (κ2) is 4.91. The highest BCUT2D eigenvalue weighted by Gasteiger charge is 2.25. The van der Waals surface area contributed by atoms with E-state index in [0.717, 1.165) is 11.3 Å². The monoisotopic (exact) mass is 264 g/mol. The maximum absolute atomic E-state index is 4.55. The van der Waals surface area contributed by atoms with Crippen LogP contribution in [0.2, 0.25) is 0 Å². The van der Waals surface area contributed by atoms with Crippen LogP contribution >= 0.6 is 11.3 Å². The number of hydrogen-bond donors (Lipinski definition) is 2. The Morgan fingerprint density at radius 3 is 2.72 bits per heavy atom. The average molecular weight is 264 g/mol. The number of likely N-dealkylation sites (N-methyl/N-ethyl adjacent to an activating group) is 1. The first kappa shape index (κ1) is 12.0. The standard InChI is InChI=1S/C13H18N4S/c1-3-10-8-11-12(14-9-15-13(11)18-10)17-6-4-16(2)5-7-17/h8-9H,3-7H2,1-2H3/p+2. The molecule has 0 unspecified atom stereocenters. The van der Waals surface area contributed by atoms with Crippen molar-refractivity contribution in [2.45, 2.75) is 13.3 Å². The molecule has 0 amide bonds. The zero-order chi connectivity index (χ0) is 12.5. The van der Waals surface area contributed by atoms with Crippen molar-refractivity contribution >= 4 is 27.4 Å². The Bertz CT molecular complexity index is 543. The number of piperazine rings is 1. The van der Waals surface area contributed by atoms with E-state index in [1.165, 1.54) is 47.2 Å². The number of nitrogens with zero attached hydrogens (tertiary/aromatic N) is 2. The lowest BCUT2D eigenvalue weighted by Gasteiger charge is -2.26. The lowest BCUT2D eigenvalue weighted by atomic mass is 10.2. The Labute approximate surface area is 111 Å². The third-order valence-corrected chi connectivity index (χ3v) is 4.96. The maximum Gasteiger partial charge on any atom is 0.238 e. The van der Waals surface area contributed by atoms with Gasteiger partial charge in [0.05, 0.1) is 12.4 Å². The van der Waals surface area contributed by atoms with Crippen molar-refractivity contribution in [3.63, 3.8) is 0 Å². The molecular formula is C13H20N4S+2. The van der Waals surface area contributed by atoms with Crippen molar-refractivity contribution in [1.82, 2.24) is 9.97 Å². The first-order valence-electron chi connectivity index (χ1n) is 6.67. The molecule has 1 aliphatic rings. The lowest BCUT2D eigenvalue weighted by Crippen LogP contribution is -3.25. The molecule has 4 nitrogen and oxygen atoms in total. The molecule has 1 saturated heterocycles. The SMILES string of the molecule is CCc1cc2c([NH+]3CC[NH+](C)CC3)ncnc2s1. The summed E-state index contributed by atoms with van der Waals surface area (Å²) in [6, 6.07) is 2.29. The fraction of sp³-hybridized carbons (Fsp3) is 0.538. The summed E-state index contributed by atoms with van der Waals surface area (Å²) in [5.74, 6) is 1.21. The molecule has 1 aliphatic heterocycles. The molecule has 3 heterocycles. The highest BCUT2D eigenvalue weighted by atomic mass is 32.1. The summed E-state index contributed by atoms with van der Waals surface area (Å²) in [4.78, 5) is 14.7. The van der Waals surface area contributed by atoms with E-state index >= 15 is 0 Å². The summed E-state index contributed by atoms with van der Waals surface area (Å²) in [6.45, 7) is 7.01. The first-order valence-corrected chi connectivity index (χ1v) is 7.49. The quantitative estimate of drug-likeness (QED) is 0.752. The van der Waals surface area contributed by atoms with Gasteiger partial charge >= 0.3 is 0 Å². The van der Waals surface area contributed by atoms with Crippen LogP contribution in [-0.2, 0) is 6.42 Å². The van der Waals surface area contributed by atoms with E-state index in [-0.39, 0.29) is 0 Å². The van der Waals surface area contributed by atoms with Crippen LogP contribution in [0.3, 0.4) is 0 Å². The van der Waals surface area contributed by atoms with Crippen molar-refractivity contribution in [2.24, 2.45) is 0 Å². The Morgan fingerprint density at radius 2 is 2.00 bits per heavy atom. The topological polar surface area (TPSA) is 34.7 Å². The fourth-order valence-corrected chi connectivity index (χ4v) is 3.51. The predicted molar refractivity (Wildman–Crippen MR) is 73.8 cm³/mol. The second-order valence-corrected chi connectivity index (χ2v) is 6.18. The Hall–Kier alpha value is -1.04. The highest BCUT2D eigenvalue weighted by molar-refractivity contribution is 7.18. The molecule has 96 valence electrons. The number of rotatable bonds is 2. The van der Waals surface area contributed by atoms with Crippen LogP contribution in [0.15, 0.2) is 12.4 Å². The number of nitrogens with one attached hydrogen (secondary N) is 2. The summed E-state index contributed by atoms with van der Waals surface area (Å²) in [7, 11) is 2.27. The third-order valence-electron chi connectivity index (χ3n) is 3.77. The van der Waals surface area contributed by atoms with Crippen molar-refractivity contribution in [2.75, 3.05) is 33.2 Å². The molecule has 0 aliphatic carbocycles. The highest BCUT2D eigenvalue weighted by Crippen LogP contribution is 2.26. The van der Waals surface area contributed by atoms with E-state index in [4.69, 9.17) is 0 Å². The normalized spacial score (nSPS) is 24.6. The van der Waals surface area contributed by atoms with Gasteiger partial charge in [0, 0.05) is 4.88 Å². The molecule has 0 atom stereocenters. The fourth-order valence-electron chi connectivity index (χ4n) is 2.58. The van der Waals surface area contributed by atoms with Gasteiger partial charge in [0.2, 0.25) is 5.82 Å². The summed E-state index contributed by atoms with van der Waals surface area (Å²) in [5.41, 5.74) is 0. The molecule has 2 aromatic heterocycles. The van der Waals surface area contributed by atoms with Crippen LogP contribution in [-0.4, -0.2) is 43.2 Å². The Balaban J connectivity index is 1.98. The van der Waals surface area contributed by atoms with Crippen molar-refractivity contribution in [1.29, 1.82) is 0 Å². The van der Waals surface area contributed by atoms with Gasteiger partial charge in [-0.2, -0.15) is 4.98 Å². The van der Waals surface area contributed by atoms with E-state index in [9.17, 15) is 0 Å². The number of aryl methyl sites for hydroxylation is 1. The smallest absolute Gasteiger partial charge is 0.238 e. The number of aromatic nitrogens is 2. The average Bonchev–Trinajstić information content (AvgIpc) is 2.82. The van der Waals surface area contributed by atoms with E-state index in [2.05, 4.69) is 30.0 Å². The summed E-state index contributed by atoms with van der Waals surface area (Å²) < 4.78 is 0. The zero-order valence-electron chi connectivity index (χ0n) is 11.0. The van der Waals surface area contributed by atoms with Crippen LogP contribution in [0.1, 0.15) is 11.8 Å². The van der Waals surface area contributed by atoms with Crippen LogP contribution < -0.4 is 9.80 Å². The van der Waals surface area contributed by atoms with Gasteiger partial charge in [0.15, 0.2) is 0 Å². The number of fused-ring (bicyclic) bond motifs is 1. The van der Waals surface area contributed by atoms with Gasteiger partial charge < -0.3 is 4.90 Å². The first-order chi connectivity index (χ1) is 8.78. The number of thiophene rings is 1. The minimum absolute atomic E-state index is 1.09. The van der Waals surface area contributed by atoms with E-state index in [0.29, 0.717) is 0 Å². The molecular weight excluding hydrogens is 244 g/mol. The second-order valence-electron chi connectivity index (χ2n) is 5.07. The summed E-state index contributed by atoms with van der Waals surface area (Å²) >= 11 is 1.81. The summed E-state index contributed by atoms with van der Waals surface area (Å²) in [6.07, 6.45) is 2.81. The molecule has 0 bridgehead atoms. The van der Waals surface area contributed by atoms with Gasteiger partial charge in [-0.25, -0.2) is 4.98 Å². The van der Waals surface area contributed by atoms with Crippen molar-refractivity contribution < 1.29 is 9.80 Å². The third kappa shape index (κ3) is 2.13. The number of quaternary nitrogens is 2. The van der Waals surface area contributed by atoms with Gasteiger partial charge in [-0.1, -0.05) is 6.92 Å². The Kier molecular flexibility index (Phi) is 3.28. The predicted octanol–water partition coefficient (Wildman–Crippen LogP) is -0.702. The molecule has 0 spiro atoms. The van der Waals surface area contributed by atoms with Crippen molar-refractivity contribution in [3.8, 4) is 0 Å². The van der Waals surface area contributed by atoms with Gasteiger partial charge in [0.1, 0.15) is 37.3 Å². The zero-order valence-corrected chi connectivity index (χ0v) is 11.8. The van der Waals surface area contributed by atoms with Crippen LogP contribution in [0, 0.1) is 0 Å². The van der Waals surface area contributed by atoms with Gasteiger partial charge in [-0.15, -0.1) is 11.3 Å². The number of hydrogen-bond acceptors (Lipinski definition) is 3. The molecule has 2 N–H and O–H groups in total. The van der Waals surface area contributed by atoms with Crippen LogP contribution in [0.25, 0.3) is 10.2 Å². The molecule has 1 fully saturated rings. The molecule has 2 aromatic rings. The maximum atomic E-state index is 4.55. The van der Waals surface area contributed by atoms with E-state index < -0.39 is 0 Å². The van der Waals surface area contributed by atoms with E-state index in [1.807, 2.05) is 0 Å². The minimum Gasteiger partial charge on any atom is -0.328 e. The molecule has 3 rings (SSSR count). The molecule has 0 saturated carbocycles. The van der Waals surface area contributed by atoms with Crippen LogP contribution in [0.4, 0.5) is 5.82 Å². The van der Waals surface area contributed by atoms with Gasteiger partial charge in [-0.3, -0.25) is 4.90 Å².